The third-order valence-corrected chi connectivity index (χ3v) is 6.25. The van der Waals surface area contributed by atoms with Crippen molar-refractivity contribution in [2.75, 3.05) is 20.1 Å². The van der Waals surface area contributed by atoms with Crippen LogP contribution in [0.2, 0.25) is 6.82 Å². The van der Waals surface area contributed by atoms with Crippen LogP contribution in [0.25, 0.3) is 22.3 Å². The molecule has 3 aromatic rings. The van der Waals surface area contributed by atoms with Crippen molar-refractivity contribution in [2.24, 2.45) is 0 Å². The highest BCUT2D eigenvalue weighted by atomic mass is 127. The Labute approximate surface area is 193 Å². The molecule has 3 aromatic heterocycles. The van der Waals surface area contributed by atoms with E-state index in [1.165, 1.54) is 29.0 Å². The van der Waals surface area contributed by atoms with Gasteiger partial charge in [-0.1, -0.05) is 34.5 Å². The fraction of sp³-hybridized carbons (Fsp3) is 0.524. The van der Waals surface area contributed by atoms with Gasteiger partial charge in [0.05, 0.1) is 25.3 Å². The lowest BCUT2D eigenvalue weighted by Crippen LogP contribution is -2.45. The van der Waals surface area contributed by atoms with Gasteiger partial charge < -0.3 is 4.90 Å². The Morgan fingerprint density at radius 3 is 2.31 bits per heavy atom. The first kappa shape index (κ1) is 26.0. The molecule has 4 heterocycles. The Kier molecular flexibility index (Phi) is 11.4. The van der Waals surface area contributed by atoms with E-state index in [9.17, 15) is 0 Å². The van der Waals surface area contributed by atoms with E-state index in [1.54, 1.807) is 9.12 Å². The zero-order chi connectivity index (χ0) is 22.1. The molecule has 4 rings (SSSR count). The molecule has 0 amide bonds. The molecule has 2 radical (unpaired) electrons. The number of likely N-dealkylation sites (N-methyl/N-ethyl adjacent to an activating group) is 1. The van der Waals surface area contributed by atoms with Gasteiger partial charge in [0.2, 0.25) is 0 Å². The van der Waals surface area contributed by atoms with Crippen LogP contribution in [0.5, 0.6) is 0 Å². The van der Waals surface area contributed by atoms with Gasteiger partial charge in [-0.2, -0.15) is 5.10 Å². The van der Waals surface area contributed by atoms with Crippen molar-refractivity contribution < 1.29 is 0 Å². The standard InChI is InChI=1S/C16H18IN5S.2C2H6.CH3B/c1-10-4-5-18-16-13(10)6-15(22(16)23-17)14-9-21(19-11(14)2)12-7-20(3)8-12;3*1-2/h4-6,9,12H,7-8H2,1-3H3;2*1-2H3;1H3. The van der Waals surface area contributed by atoms with Crippen LogP contribution in [0.4, 0.5) is 0 Å². The van der Waals surface area contributed by atoms with Gasteiger partial charge in [-0.15, -0.1) is 0 Å². The molecule has 5 nitrogen and oxygen atoms in total. The molecule has 0 saturated carbocycles. The van der Waals surface area contributed by atoms with E-state index in [-0.39, 0.29) is 0 Å². The molecule has 158 valence electrons. The fourth-order valence-corrected chi connectivity index (χ4v) is 4.85. The minimum Gasteiger partial charge on any atom is -0.302 e. The zero-order valence-electron chi connectivity index (χ0n) is 18.9. The first-order valence-electron chi connectivity index (χ1n) is 10.2. The topological polar surface area (TPSA) is 38.9 Å². The van der Waals surface area contributed by atoms with Crippen LogP contribution in [-0.2, 0) is 0 Å². The second-order valence-corrected chi connectivity index (χ2v) is 7.93. The number of likely N-dealkylation sites (tertiary alicyclic amines) is 1. The predicted molar refractivity (Wildman–Crippen MR) is 138 cm³/mol. The van der Waals surface area contributed by atoms with Crippen LogP contribution in [0.15, 0.2) is 24.5 Å². The largest absolute Gasteiger partial charge is 0.302 e. The van der Waals surface area contributed by atoms with Crippen LogP contribution in [0.3, 0.4) is 0 Å². The molecule has 0 spiro atoms. The molecule has 1 aliphatic heterocycles. The van der Waals surface area contributed by atoms with Crippen LogP contribution in [0.1, 0.15) is 45.0 Å². The van der Waals surface area contributed by atoms with E-state index < -0.39 is 0 Å². The molecule has 0 unspecified atom stereocenters. The van der Waals surface area contributed by atoms with Gasteiger partial charge in [0.15, 0.2) is 5.65 Å². The second kappa shape index (κ2) is 12.6. The van der Waals surface area contributed by atoms with Gasteiger partial charge in [-0.05, 0) is 38.6 Å². The number of rotatable bonds is 3. The van der Waals surface area contributed by atoms with E-state index in [0.29, 0.717) is 6.04 Å². The molecule has 0 aliphatic carbocycles. The summed E-state index contributed by atoms with van der Waals surface area (Å²) in [6.07, 6.45) is 4.07. The number of hydrogen-bond acceptors (Lipinski definition) is 4. The molecule has 0 atom stereocenters. The summed E-state index contributed by atoms with van der Waals surface area (Å²) in [5.41, 5.74) is 5.73. The van der Waals surface area contributed by atoms with Gasteiger partial charge >= 0.3 is 0 Å². The van der Waals surface area contributed by atoms with Crippen molar-refractivity contribution in [3.63, 3.8) is 0 Å². The smallest absolute Gasteiger partial charge is 0.151 e. The summed E-state index contributed by atoms with van der Waals surface area (Å²) in [6, 6.07) is 4.80. The van der Waals surface area contributed by atoms with Crippen LogP contribution in [-0.4, -0.2) is 51.6 Å². The number of fused-ring (bicyclic) bond motifs is 1. The van der Waals surface area contributed by atoms with E-state index in [4.69, 9.17) is 5.10 Å². The lowest BCUT2D eigenvalue weighted by molar-refractivity contribution is 0.130. The maximum Gasteiger partial charge on any atom is 0.151 e. The summed E-state index contributed by atoms with van der Waals surface area (Å²) in [5.74, 6) is 0. The highest BCUT2D eigenvalue weighted by molar-refractivity contribution is 14.2. The minimum absolute atomic E-state index is 0.498. The third-order valence-electron chi connectivity index (χ3n) is 4.56. The van der Waals surface area contributed by atoms with E-state index in [0.717, 1.165) is 24.4 Å². The lowest BCUT2D eigenvalue weighted by Gasteiger charge is -2.36. The summed E-state index contributed by atoms with van der Waals surface area (Å²) in [5, 5.41) is 5.97. The summed E-state index contributed by atoms with van der Waals surface area (Å²) < 4.78 is 4.33. The summed E-state index contributed by atoms with van der Waals surface area (Å²) in [4.78, 5) is 6.88. The molecule has 0 N–H and O–H groups in total. The molecule has 0 bridgehead atoms. The number of aromatic nitrogens is 4. The highest BCUT2D eigenvalue weighted by Crippen LogP contribution is 2.36. The minimum atomic E-state index is 0.498. The third kappa shape index (κ3) is 5.58. The number of hydrogen-bond donors (Lipinski definition) is 0. The quantitative estimate of drug-likeness (QED) is 0.306. The normalized spacial score (nSPS) is 13.4. The van der Waals surface area contributed by atoms with Crippen LogP contribution in [0, 0.1) is 13.8 Å². The van der Waals surface area contributed by atoms with Gasteiger partial charge in [-0.25, -0.2) is 4.98 Å². The number of aryl methyl sites for hydroxylation is 2. The number of halogens is 1. The molecule has 29 heavy (non-hydrogen) atoms. The van der Waals surface area contributed by atoms with Gasteiger partial charge in [-0.3, -0.25) is 8.65 Å². The summed E-state index contributed by atoms with van der Waals surface area (Å²) in [7, 11) is 8.31. The average Bonchev–Trinajstić information content (AvgIpc) is 3.31. The van der Waals surface area contributed by atoms with Crippen molar-refractivity contribution in [2.45, 2.75) is 54.4 Å². The number of nitrogens with zero attached hydrogens (tertiary/aromatic N) is 5. The maximum atomic E-state index is 4.76. The first-order valence-corrected chi connectivity index (χ1v) is 13.5. The Morgan fingerprint density at radius 1 is 1.14 bits per heavy atom. The van der Waals surface area contributed by atoms with Gasteiger partial charge in [0.1, 0.15) is 0 Å². The average molecular weight is 525 g/mol. The van der Waals surface area contributed by atoms with Crippen molar-refractivity contribution in [1.82, 2.24) is 23.6 Å². The Bertz CT molecular complexity index is 887. The number of pyridine rings is 1. The van der Waals surface area contributed by atoms with Crippen molar-refractivity contribution in [3.05, 3.63) is 35.8 Å². The Hall–Kier alpha value is -0.995. The maximum absolute atomic E-state index is 4.76. The first-order chi connectivity index (χ1) is 14.1. The van der Waals surface area contributed by atoms with Crippen molar-refractivity contribution in [1.29, 1.82) is 0 Å². The monoisotopic (exact) mass is 525 g/mol. The van der Waals surface area contributed by atoms with Gasteiger partial charge in [0, 0.05) is 66.8 Å². The van der Waals surface area contributed by atoms with E-state index >= 15 is 0 Å². The molecule has 8 heteroatoms. The van der Waals surface area contributed by atoms with Gasteiger partial charge in [0.25, 0.3) is 0 Å². The predicted octanol–water partition coefficient (Wildman–Crippen LogP) is 6.10. The fourth-order valence-electron chi connectivity index (χ4n) is 3.22. The molecule has 0 aromatic carbocycles. The van der Waals surface area contributed by atoms with Crippen molar-refractivity contribution >= 4 is 49.2 Å². The molecule has 1 saturated heterocycles. The molecular weight excluding hydrogens is 492 g/mol. The Morgan fingerprint density at radius 2 is 1.76 bits per heavy atom. The van der Waals surface area contributed by atoms with E-state index in [2.05, 4.69) is 86.8 Å². The van der Waals surface area contributed by atoms with Crippen molar-refractivity contribution in [3.8, 4) is 11.3 Å². The highest BCUT2D eigenvalue weighted by Gasteiger charge is 2.27. The van der Waals surface area contributed by atoms with E-state index in [1.807, 2.05) is 33.9 Å². The second-order valence-electron chi connectivity index (χ2n) is 6.24. The molecule has 1 aliphatic rings. The summed E-state index contributed by atoms with van der Waals surface area (Å²) in [6.45, 7) is 15.9. The molecular formula is C21H33BIN5S. The SMILES string of the molecule is CC.CC.Cc1nn(C2CN(C)C2)cc1-c1cc2c(C)ccnc2n1SI.[B]C. The summed E-state index contributed by atoms with van der Waals surface area (Å²) >= 11 is 2.32. The lowest BCUT2D eigenvalue weighted by atomic mass is 10.1. The van der Waals surface area contributed by atoms with Crippen LogP contribution >= 0.6 is 30.3 Å². The molecule has 1 fully saturated rings. The van der Waals surface area contributed by atoms with Crippen LogP contribution < -0.4 is 0 Å². The Balaban J connectivity index is 0.000000644. The zero-order valence-corrected chi connectivity index (χ0v) is 21.9.